The summed E-state index contributed by atoms with van der Waals surface area (Å²) in [5, 5.41) is 18.2. The van der Waals surface area contributed by atoms with Gasteiger partial charge in [-0.1, -0.05) is 105 Å². The average molecular weight is 685 g/mol. The number of hydrogen-bond donors (Lipinski definition) is 2. The van der Waals surface area contributed by atoms with Crippen LogP contribution in [-0.2, 0) is 11.3 Å². The van der Waals surface area contributed by atoms with E-state index in [9.17, 15) is 27.9 Å². The number of carbonyl (C=O) groups is 2. The van der Waals surface area contributed by atoms with Gasteiger partial charge in [0.2, 0.25) is 0 Å². The summed E-state index contributed by atoms with van der Waals surface area (Å²) in [6.07, 6.45) is -4.05. The van der Waals surface area contributed by atoms with E-state index in [1.807, 2.05) is 73.7 Å². The number of aromatic carboxylic acids is 1. The molecule has 0 aliphatic carbocycles. The van der Waals surface area contributed by atoms with Crippen molar-refractivity contribution in [3.63, 3.8) is 0 Å². The van der Waals surface area contributed by atoms with Crippen LogP contribution in [0.5, 0.6) is 11.5 Å². The van der Waals surface area contributed by atoms with Crippen LogP contribution in [0.25, 0.3) is 22.3 Å². The number of alkyl halides is 3. The SMILES string of the molecule is CCCCCC[C@H](OC(=O)c1ccc(-c2ccc(O)cc2)cc1)C(F)(F)F.O=C(O)c1ccc(-c2ccc(OCc3ccccc3)cc2)cc1. The zero-order valence-corrected chi connectivity index (χ0v) is 27.6. The third kappa shape index (κ3) is 11.5. The number of esters is 1. The van der Waals surface area contributed by atoms with Crippen molar-refractivity contribution in [2.45, 2.75) is 57.9 Å². The standard InChI is InChI=1S/C21H23F3O3.C20H16O3/c1-2-3-4-5-6-19(21(22,23)24)27-20(26)17-9-7-15(8-10-17)16-11-13-18(25)14-12-16;21-20(22)18-8-6-16(7-9-18)17-10-12-19(13-11-17)23-14-15-4-2-1-3-5-15/h7-14,19,25H,2-6H2,1H3;1-13H,14H2,(H,21,22)/t19-;/m0./s1. The summed E-state index contributed by atoms with van der Waals surface area (Å²) >= 11 is 0. The van der Waals surface area contributed by atoms with Crippen LogP contribution < -0.4 is 4.74 Å². The predicted molar refractivity (Wildman–Crippen MR) is 187 cm³/mol. The molecule has 0 saturated carbocycles. The van der Waals surface area contributed by atoms with Gasteiger partial charge >= 0.3 is 18.1 Å². The molecule has 1 atom stereocenters. The quantitative estimate of drug-likeness (QED) is 0.0947. The fraction of sp³-hybridized carbons (Fsp3) is 0.220. The first-order chi connectivity index (χ1) is 24.0. The van der Waals surface area contributed by atoms with Crippen LogP contribution in [0.4, 0.5) is 13.2 Å². The molecule has 0 unspecified atom stereocenters. The van der Waals surface area contributed by atoms with Crippen LogP contribution in [0.2, 0.25) is 0 Å². The number of aromatic hydroxyl groups is 1. The average Bonchev–Trinajstić information content (AvgIpc) is 3.13. The van der Waals surface area contributed by atoms with Gasteiger partial charge < -0.3 is 19.7 Å². The lowest BCUT2D eigenvalue weighted by molar-refractivity contribution is -0.206. The Morgan fingerprint density at radius 3 is 1.66 bits per heavy atom. The predicted octanol–water partition coefficient (Wildman–Crippen LogP) is 10.7. The van der Waals surface area contributed by atoms with Gasteiger partial charge in [0.1, 0.15) is 18.1 Å². The molecular formula is C41H39F3O6. The molecule has 2 N–H and O–H groups in total. The van der Waals surface area contributed by atoms with E-state index < -0.39 is 24.2 Å². The number of carboxylic acids is 1. The minimum Gasteiger partial charge on any atom is -0.508 e. The smallest absolute Gasteiger partial charge is 0.425 e. The summed E-state index contributed by atoms with van der Waals surface area (Å²) in [7, 11) is 0. The van der Waals surface area contributed by atoms with Gasteiger partial charge in [-0.2, -0.15) is 13.2 Å². The monoisotopic (exact) mass is 684 g/mol. The zero-order valence-electron chi connectivity index (χ0n) is 27.6. The third-order valence-corrected chi connectivity index (χ3v) is 7.82. The molecule has 0 aliphatic rings. The molecule has 5 aromatic carbocycles. The first-order valence-electron chi connectivity index (χ1n) is 16.3. The number of hydrogen-bond acceptors (Lipinski definition) is 5. The maximum absolute atomic E-state index is 13.1. The summed E-state index contributed by atoms with van der Waals surface area (Å²) in [5.74, 6) is -0.956. The molecule has 5 aromatic rings. The first-order valence-corrected chi connectivity index (χ1v) is 16.3. The van der Waals surface area contributed by atoms with E-state index in [0.717, 1.165) is 46.4 Å². The van der Waals surface area contributed by atoms with Crippen molar-refractivity contribution in [2.75, 3.05) is 0 Å². The number of phenols is 1. The molecule has 0 radical (unpaired) electrons. The summed E-state index contributed by atoms with van der Waals surface area (Å²) in [6.45, 7) is 2.51. The molecule has 0 saturated heterocycles. The molecule has 0 spiro atoms. The van der Waals surface area contributed by atoms with Crippen molar-refractivity contribution in [1.82, 2.24) is 0 Å². The number of carboxylic acid groups (broad SMARTS) is 1. The molecule has 9 heteroatoms. The molecule has 0 fully saturated rings. The van der Waals surface area contributed by atoms with Crippen LogP contribution in [-0.4, -0.2) is 34.4 Å². The normalized spacial score (nSPS) is 11.5. The van der Waals surface area contributed by atoms with Crippen LogP contribution in [0.3, 0.4) is 0 Å². The Balaban J connectivity index is 0.000000227. The molecule has 0 aliphatic heterocycles. The summed E-state index contributed by atoms with van der Waals surface area (Å²) in [4.78, 5) is 23.0. The second-order valence-electron chi connectivity index (χ2n) is 11.6. The van der Waals surface area contributed by atoms with E-state index in [-0.39, 0.29) is 23.3 Å². The van der Waals surface area contributed by atoms with E-state index in [2.05, 4.69) is 0 Å². The van der Waals surface area contributed by atoms with Gasteiger partial charge in [-0.25, -0.2) is 9.59 Å². The van der Waals surface area contributed by atoms with E-state index >= 15 is 0 Å². The van der Waals surface area contributed by atoms with Gasteiger partial charge in [0, 0.05) is 0 Å². The molecule has 0 amide bonds. The summed E-state index contributed by atoms with van der Waals surface area (Å²) in [5.41, 5.74) is 5.08. The maximum atomic E-state index is 13.1. The molecule has 6 nitrogen and oxygen atoms in total. The summed E-state index contributed by atoms with van der Waals surface area (Å²) < 4.78 is 49.9. The fourth-order valence-electron chi connectivity index (χ4n) is 4.99. The Labute approximate surface area is 289 Å². The van der Waals surface area contributed by atoms with Gasteiger partial charge in [0.25, 0.3) is 0 Å². The van der Waals surface area contributed by atoms with Crippen molar-refractivity contribution >= 4 is 11.9 Å². The molecular weight excluding hydrogens is 645 g/mol. The Hall–Kier alpha value is -5.57. The fourth-order valence-corrected chi connectivity index (χ4v) is 4.99. The van der Waals surface area contributed by atoms with Gasteiger partial charge in [-0.05, 0) is 89.2 Å². The maximum Gasteiger partial charge on any atom is 0.425 e. The van der Waals surface area contributed by atoms with Crippen molar-refractivity contribution in [2.24, 2.45) is 0 Å². The van der Waals surface area contributed by atoms with Crippen molar-refractivity contribution in [3.8, 4) is 33.8 Å². The number of rotatable bonds is 13. The minimum absolute atomic E-state index is 0.0698. The van der Waals surface area contributed by atoms with Gasteiger partial charge in [-0.15, -0.1) is 0 Å². The second kappa shape index (κ2) is 18.3. The third-order valence-electron chi connectivity index (χ3n) is 7.82. The highest BCUT2D eigenvalue weighted by Crippen LogP contribution is 2.29. The molecule has 0 heterocycles. The largest absolute Gasteiger partial charge is 0.508 e. The van der Waals surface area contributed by atoms with Crippen LogP contribution in [0.15, 0.2) is 127 Å². The van der Waals surface area contributed by atoms with E-state index in [4.69, 9.17) is 14.6 Å². The van der Waals surface area contributed by atoms with E-state index in [1.54, 1.807) is 36.4 Å². The van der Waals surface area contributed by atoms with Gasteiger partial charge in [-0.3, -0.25) is 0 Å². The highest BCUT2D eigenvalue weighted by atomic mass is 19.4. The molecule has 5 rings (SSSR count). The van der Waals surface area contributed by atoms with Crippen LogP contribution in [0.1, 0.15) is 65.3 Å². The molecule has 50 heavy (non-hydrogen) atoms. The Morgan fingerprint density at radius 2 is 1.16 bits per heavy atom. The van der Waals surface area contributed by atoms with Crippen LogP contribution in [0, 0.1) is 0 Å². The number of ether oxygens (including phenoxy) is 2. The second-order valence-corrected chi connectivity index (χ2v) is 11.6. The lowest BCUT2D eigenvalue weighted by atomic mass is 10.0. The van der Waals surface area contributed by atoms with Crippen molar-refractivity contribution in [3.05, 3.63) is 144 Å². The number of halogens is 3. The number of benzene rings is 5. The number of carbonyl (C=O) groups excluding carboxylic acids is 1. The van der Waals surface area contributed by atoms with E-state index in [1.165, 1.54) is 24.3 Å². The Morgan fingerprint density at radius 1 is 0.660 bits per heavy atom. The van der Waals surface area contributed by atoms with Crippen LogP contribution >= 0.6 is 0 Å². The Kier molecular flexibility index (Phi) is 13.6. The molecule has 260 valence electrons. The van der Waals surface area contributed by atoms with Crippen molar-refractivity contribution in [1.29, 1.82) is 0 Å². The molecule has 0 bridgehead atoms. The highest BCUT2D eigenvalue weighted by molar-refractivity contribution is 5.90. The lowest BCUT2D eigenvalue weighted by Gasteiger charge is -2.20. The van der Waals surface area contributed by atoms with Crippen molar-refractivity contribution < 1.29 is 42.4 Å². The highest BCUT2D eigenvalue weighted by Gasteiger charge is 2.42. The number of unbranched alkanes of at least 4 members (excludes halogenated alkanes) is 3. The number of phenolic OH excluding ortho intramolecular Hbond substituents is 1. The zero-order chi connectivity index (χ0) is 35.9. The topological polar surface area (TPSA) is 93.1 Å². The van der Waals surface area contributed by atoms with Gasteiger partial charge in [0.05, 0.1) is 11.1 Å². The summed E-state index contributed by atoms with van der Waals surface area (Å²) in [6, 6.07) is 37.2. The lowest BCUT2D eigenvalue weighted by Crippen LogP contribution is -2.33. The minimum atomic E-state index is -4.58. The van der Waals surface area contributed by atoms with Gasteiger partial charge in [0.15, 0.2) is 6.10 Å². The first kappa shape index (κ1) is 37.3. The molecule has 0 aromatic heterocycles. The Bertz CT molecular complexity index is 1770. The van der Waals surface area contributed by atoms with E-state index in [0.29, 0.717) is 19.4 Å².